The SMILES string of the molecule is C=N/C=C\C=C/CCC(=O)Nc1nnc(C2CCN(c3ccc(NC(=O)Cc4ccccn4)nn3)C2)s1. The lowest BCUT2D eigenvalue weighted by Gasteiger charge is -2.16. The molecule has 37 heavy (non-hydrogen) atoms. The van der Waals surface area contributed by atoms with Gasteiger partial charge in [0.15, 0.2) is 11.6 Å². The largest absolute Gasteiger partial charge is 0.354 e. The van der Waals surface area contributed by atoms with Gasteiger partial charge in [0, 0.05) is 43.5 Å². The number of pyridine rings is 1. The van der Waals surface area contributed by atoms with Crippen LogP contribution in [0.25, 0.3) is 0 Å². The number of nitrogens with zero attached hydrogens (tertiary/aromatic N) is 7. The Kier molecular flexibility index (Phi) is 9.13. The van der Waals surface area contributed by atoms with Gasteiger partial charge in [0.1, 0.15) is 5.01 Å². The third-order valence-electron chi connectivity index (χ3n) is 5.51. The second-order valence-corrected chi connectivity index (χ2v) is 9.25. The molecule has 3 aromatic heterocycles. The maximum absolute atomic E-state index is 12.2. The lowest BCUT2D eigenvalue weighted by Crippen LogP contribution is -2.21. The van der Waals surface area contributed by atoms with Crippen LogP contribution in [0.5, 0.6) is 0 Å². The van der Waals surface area contributed by atoms with Crippen LogP contribution in [0.15, 0.2) is 65.9 Å². The van der Waals surface area contributed by atoms with Crippen LogP contribution in [-0.4, -0.2) is 57.0 Å². The first kappa shape index (κ1) is 25.8. The lowest BCUT2D eigenvalue weighted by atomic mass is 10.1. The van der Waals surface area contributed by atoms with E-state index in [1.54, 1.807) is 36.7 Å². The summed E-state index contributed by atoms with van der Waals surface area (Å²) in [6.07, 6.45) is 10.8. The number of amides is 2. The fourth-order valence-corrected chi connectivity index (χ4v) is 4.60. The standard InChI is InChI=1S/C25H27N9O2S/c1-26-13-6-3-2-4-9-22(35)29-25-33-32-24(37-25)18-12-15-34(17-18)21-11-10-20(30-31-21)28-23(36)16-19-8-5-7-14-27-19/h2-3,5-8,10-11,13-14,18H,1,4,9,12,15-17H2,(H,28,30,36)(H,29,33,35)/b3-2-,13-6-. The van der Waals surface area contributed by atoms with Crippen LogP contribution in [0.1, 0.15) is 35.9 Å². The average molecular weight is 518 g/mol. The fraction of sp³-hybridized carbons (Fsp3) is 0.280. The molecule has 0 aliphatic carbocycles. The second kappa shape index (κ2) is 13.1. The van der Waals surface area contributed by atoms with E-state index in [9.17, 15) is 9.59 Å². The molecule has 0 radical (unpaired) electrons. The molecule has 1 atom stereocenters. The molecule has 1 fully saturated rings. The van der Waals surface area contributed by atoms with E-state index in [4.69, 9.17) is 0 Å². The van der Waals surface area contributed by atoms with Gasteiger partial charge < -0.3 is 15.5 Å². The molecule has 4 rings (SSSR count). The molecule has 0 bridgehead atoms. The maximum Gasteiger partial charge on any atom is 0.231 e. The van der Waals surface area contributed by atoms with Crippen LogP contribution in [0.2, 0.25) is 0 Å². The smallest absolute Gasteiger partial charge is 0.231 e. The van der Waals surface area contributed by atoms with E-state index in [-0.39, 0.29) is 24.2 Å². The first-order chi connectivity index (χ1) is 18.1. The van der Waals surface area contributed by atoms with Gasteiger partial charge in [-0.3, -0.25) is 19.6 Å². The van der Waals surface area contributed by atoms with Crippen molar-refractivity contribution in [1.82, 2.24) is 25.4 Å². The molecule has 2 amide bonds. The van der Waals surface area contributed by atoms with Gasteiger partial charge in [-0.25, -0.2) is 0 Å². The zero-order valence-electron chi connectivity index (χ0n) is 20.2. The van der Waals surface area contributed by atoms with Crippen LogP contribution >= 0.6 is 11.3 Å². The first-order valence-corrected chi connectivity index (χ1v) is 12.6. The van der Waals surface area contributed by atoms with E-state index in [2.05, 4.69) is 52.6 Å². The highest BCUT2D eigenvalue weighted by Gasteiger charge is 2.28. The Bertz CT molecular complexity index is 1260. The number of aliphatic imine (C=N–C) groups is 1. The summed E-state index contributed by atoms with van der Waals surface area (Å²) in [5.41, 5.74) is 0.690. The summed E-state index contributed by atoms with van der Waals surface area (Å²) < 4.78 is 0. The fourth-order valence-electron chi connectivity index (χ4n) is 3.72. The Labute approximate surface area is 218 Å². The summed E-state index contributed by atoms with van der Waals surface area (Å²) in [6, 6.07) is 9.04. The topological polar surface area (TPSA) is 138 Å². The molecule has 0 aromatic carbocycles. The van der Waals surface area contributed by atoms with Gasteiger partial charge in [-0.05, 0) is 49.9 Å². The molecular weight excluding hydrogens is 490 g/mol. The summed E-state index contributed by atoms with van der Waals surface area (Å²) in [5.74, 6) is 1.01. The van der Waals surface area contributed by atoms with Crippen molar-refractivity contribution < 1.29 is 9.59 Å². The molecule has 0 saturated carbocycles. The molecule has 1 aliphatic rings. The van der Waals surface area contributed by atoms with Gasteiger partial charge in [0.05, 0.1) is 6.42 Å². The Morgan fingerprint density at radius 3 is 2.81 bits per heavy atom. The molecule has 190 valence electrons. The van der Waals surface area contributed by atoms with Crippen LogP contribution < -0.4 is 15.5 Å². The number of rotatable bonds is 11. The average Bonchev–Trinajstić information content (AvgIpc) is 3.57. The van der Waals surface area contributed by atoms with Crippen LogP contribution in [-0.2, 0) is 16.0 Å². The highest BCUT2D eigenvalue weighted by atomic mass is 32.1. The van der Waals surface area contributed by atoms with Crippen LogP contribution in [0.3, 0.4) is 0 Å². The molecule has 12 heteroatoms. The van der Waals surface area contributed by atoms with E-state index in [1.165, 1.54) is 11.3 Å². The number of allylic oxidation sites excluding steroid dienone is 3. The molecular formula is C25H27N9O2S. The third kappa shape index (κ3) is 7.84. The summed E-state index contributed by atoms with van der Waals surface area (Å²) >= 11 is 1.40. The van der Waals surface area contributed by atoms with Crippen molar-refractivity contribution in [1.29, 1.82) is 0 Å². The number of hydrogen-bond acceptors (Lipinski definition) is 10. The molecule has 11 nitrogen and oxygen atoms in total. The van der Waals surface area contributed by atoms with E-state index >= 15 is 0 Å². The molecule has 1 aliphatic heterocycles. The predicted octanol–water partition coefficient (Wildman–Crippen LogP) is 3.39. The number of hydrogen-bond donors (Lipinski definition) is 2. The van der Waals surface area contributed by atoms with E-state index < -0.39 is 0 Å². The zero-order chi connectivity index (χ0) is 25.9. The number of nitrogens with one attached hydrogen (secondary N) is 2. The second-order valence-electron chi connectivity index (χ2n) is 8.24. The van der Waals surface area contributed by atoms with Gasteiger partial charge in [-0.1, -0.05) is 29.6 Å². The van der Waals surface area contributed by atoms with Crippen molar-refractivity contribution in [2.45, 2.75) is 31.6 Å². The predicted molar refractivity (Wildman–Crippen MR) is 144 cm³/mol. The highest BCUT2D eigenvalue weighted by Crippen LogP contribution is 2.32. The van der Waals surface area contributed by atoms with E-state index in [0.29, 0.717) is 29.5 Å². The third-order valence-corrected chi connectivity index (χ3v) is 6.51. The monoisotopic (exact) mass is 517 g/mol. The quantitative estimate of drug-likeness (QED) is 0.292. The summed E-state index contributed by atoms with van der Waals surface area (Å²) in [4.78, 5) is 34.2. The van der Waals surface area contributed by atoms with Crippen molar-refractivity contribution in [2.75, 3.05) is 28.6 Å². The molecule has 3 aromatic rings. The van der Waals surface area contributed by atoms with Crippen molar-refractivity contribution in [3.05, 3.63) is 71.7 Å². The maximum atomic E-state index is 12.2. The van der Waals surface area contributed by atoms with Gasteiger partial charge in [-0.15, -0.1) is 20.4 Å². The van der Waals surface area contributed by atoms with Crippen LogP contribution in [0.4, 0.5) is 16.8 Å². The van der Waals surface area contributed by atoms with Gasteiger partial charge in [0.25, 0.3) is 0 Å². The zero-order valence-corrected chi connectivity index (χ0v) is 21.0. The number of carbonyl (C=O) groups is 2. The molecule has 0 spiro atoms. The number of carbonyl (C=O) groups excluding carboxylic acids is 2. The van der Waals surface area contributed by atoms with Gasteiger partial charge >= 0.3 is 0 Å². The minimum absolute atomic E-state index is 0.103. The van der Waals surface area contributed by atoms with E-state index in [0.717, 1.165) is 30.3 Å². The molecule has 1 unspecified atom stereocenters. The summed E-state index contributed by atoms with van der Waals surface area (Å²) in [5, 5.41) is 23.8. The van der Waals surface area contributed by atoms with Crippen molar-refractivity contribution in [2.24, 2.45) is 4.99 Å². The molecule has 2 N–H and O–H groups in total. The minimum atomic E-state index is -0.198. The Hall–Kier alpha value is -4.32. The number of aromatic nitrogens is 5. The highest BCUT2D eigenvalue weighted by molar-refractivity contribution is 7.15. The van der Waals surface area contributed by atoms with E-state index in [1.807, 2.05) is 24.3 Å². The molecule has 4 heterocycles. The lowest BCUT2D eigenvalue weighted by molar-refractivity contribution is -0.116. The van der Waals surface area contributed by atoms with Gasteiger partial charge in [-0.2, -0.15) is 0 Å². The Morgan fingerprint density at radius 1 is 1.11 bits per heavy atom. The summed E-state index contributed by atoms with van der Waals surface area (Å²) in [7, 11) is 0. The Morgan fingerprint density at radius 2 is 2.03 bits per heavy atom. The van der Waals surface area contributed by atoms with Crippen molar-refractivity contribution in [3.63, 3.8) is 0 Å². The normalized spacial score (nSPS) is 15.4. The van der Waals surface area contributed by atoms with Crippen LogP contribution in [0, 0.1) is 0 Å². The summed E-state index contributed by atoms with van der Waals surface area (Å²) in [6.45, 7) is 4.88. The molecule has 1 saturated heterocycles. The minimum Gasteiger partial charge on any atom is -0.354 e. The first-order valence-electron chi connectivity index (χ1n) is 11.8. The van der Waals surface area contributed by atoms with Crippen molar-refractivity contribution in [3.8, 4) is 0 Å². The number of anilines is 3. The van der Waals surface area contributed by atoms with Gasteiger partial charge in [0.2, 0.25) is 16.9 Å². The van der Waals surface area contributed by atoms with Crippen molar-refractivity contribution >= 4 is 46.6 Å². The Balaban J connectivity index is 1.23.